The molecule has 0 spiro atoms. The molecular formula is C37H37N5O3. The number of aryl methyl sites for hydroxylation is 3. The molecule has 0 N–H and O–H groups in total. The number of rotatable bonds is 4. The maximum atomic E-state index is 13.6. The maximum Gasteiger partial charge on any atom is 0.254 e. The average molecular weight is 600 g/mol. The molecule has 0 saturated carbocycles. The van der Waals surface area contributed by atoms with E-state index in [1.165, 1.54) is 5.56 Å². The van der Waals surface area contributed by atoms with Gasteiger partial charge in [-0.2, -0.15) is 0 Å². The van der Waals surface area contributed by atoms with Crippen LogP contribution in [0.25, 0.3) is 11.0 Å². The summed E-state index contributed by atoms with van der Waals surface area (Å²) in [5, 5.41) is 9.07. The highest BCUT2D eigenvalue weighted by Crippen LogP contribution is 2.36. The molecule has 8 nitrogen and oxygen atoms in total. The quantitative estimate of drug-likeness (QED) is 0.256. The van der Waals surface area contributed by atoms with Crippen molar-refractivity contribution in [1.82, 2.24) is 24.9 Å². The zero-order valence-corrected chi connectivity index (χ0v) is 25.8. The van der Waals surface area contributed by atoms with Gasteiger partial charge in [0.2, 0.25) is 0 Å². The minimum atomic E-state index is -0.170. The lowest BCUT2D eigenvalue weighted by atomic mass is 9.82. The summed E-state index contributed by atoms with van der Waals surface area (Å²) in [5.41, 5.74) is 11.0. The van der Waals surface area contributed by atoms with Crippen LogP contribution in [0.4, 0.5) is 0 Å². The minimum absolute atomic E-state index is 0.0338. The van der Waals surface area contributed by atoms with Crippen molar-refractivity contribution in [1.29, 1.82) is 0 Å². The smallest absolute Gasteiger partial charge is 0.254 e. The van der Waals surface area contributed by atoms with E-state index < -0.39 is 0 Å². The Bertz CT molecular complexity index is 1880. The summed E-state index contributed by atoms with van der Waals surface area (Å²) < 4.78 is 7.89. The second kappa shape index (κ2) is 12.4. The van der Waals surface area contributed by atoms with Crippen LogP contribution in [-0.2, 0) is 42.1 Å². The Kier molecular flexibility index (Phi) is 7.98. The van der Waals surface area contributed by atoms with Gasteiger partial charge in [0.1, 0.15) is 11.3 Å². The first-order valence-electron chi connectivity index (χ1n) is 15.8. The number of amides is 1. The first-order chi connectivity index (χ1) is 21.9. The molecule has 0 radical (unpaired) electrons. The summed E-state index contributed by atoms with van der Waals surface area (Å²) in [6, 6.07) is 22.5. The molecule has 228 valence electrons. The van der Waals surface area contributed by atoms with Gasteiger partial charge in [0.05, 0.1) is 12.1 Å². The summed E-state index contributed by atoms with van der Waals surface area (Å²) in [5.74, 6) is 0.0145. The number of ether oxygens (including phenoxy) is 1. The van der Waals surface area contributed by atoms with Crippen LogP contribution < -0.4 is 0 Å². The molecule has 7 heterocycles. The van der Waals surface area contributed by atoms with Crippen LogP contribution in [0.2, 0.25) is 0 Å². The number of aromatic nitrogens is 4. The van der Waals surface area contributed by atoms with Crippen LogP contribution in [-0.4, -0.2) is 49.7 Å². The van der Waals surface area contributed by atoms with Gasteiger partial charge in [-0.3, -0.25) is 14.6 Å². The van der Waals surface area contributed by atoms with Gasteiger partial charge in [-0.1, -0.05) is 47.7 Å². The van der Waals surface area contributed by atoms with Crippen molar-refractivity contribution < 1.29 is 14.3 Å². The molecule has 1 amide bonds. The van der Waals surface area contributed by atoms with Crippen LogP contribution in [0.15, 0.2) is 72.9 Å². The minimum Gasteiger partial charge on any atom is -0.377 e. The number of Topliss-reactive ketones (excluding diaryl/α,β-unsaturated/α-hetero) is 1. The van der Waals surface area contributed by atoms with E-state index in [1.807, 2.05) is 52.9 Å². The Hall–Kier alpha value is -4.69. The first kappa shape index (κ1) is 29.0. The molecular weight excluding hydrogens is 562 g/mol. The Morgan fingerprint density at radius 1 is 0.978 bits per heavy atom. The maximum absolute atomic E-state index is 13.6. The number of carbonyl (C=O) groups excluding carboxylic acids is 2. The molecule has 0 saturated heterocycles. The van der Waals surface area contributed by atoms with Crippen LogP contribution in [0, 0.1) is 13.8 Å². The fourth-order valence-electron chi connectivity index (χ4n) is 6.66. The van der Waals surface area contributed by atoms with E-state index in [1.54, 1.807) is 6.20 Å². The molecule has 1 atom stereocenters. The van der Waals surface area contributed by atoms with Gasteiger partial charge in [0, 0.05) is 62.5 Å². The number of nitrogens with zero attached hydrogens (tertiary/aromatic N) is 5. The SMILES string of the molecule is Cc1ccc(CC(=O)CC2c3ccc4c(c3)CN(CC4)C(=O)c3ccc(cc3)COCCCn3nnc4c(C)c2ccc43)cn1. The van der Waals surface area contributed by atoms with Crippen molar-refractivity contribution >= 4 is 22.7 Å². The highest BCUT2D eigenvalue weighted by atomic mass is 16.5. The normalized spacial score (nSPS) is 16.9. The number of ketones is 1. The summed E-state index contributed by atoms with van der Waals surface area (Å²) in [7, 11) is 0. The van der Waals surface area contributed by atoms with E-state index >= 15 is 0 Å². The van der Waals surface area contributed by atoms with Gasteiger partial charge in [-0.15, -0.1) is 5.10 Å². The number of hydrogen-bond acceptors (Lipinski definition) is 6. The lowest BCUT2D eigenvalue weighted by Gasteiger charge is -2.30. The molecule has 10 rings (SSSR count). The number of carbonyl (C=O) groups is 2. The molecule has 5 aromatic rings. The number of benzene rings is 3. The summed E-state index contributed by atoms with van der Waals surface area (Å²) in [4.78, 5) is 33.5. The van der Waals surface area contributed by atoms with E-state index in [2.05, 4.69) is 52.6 Å². The van der Waals surface area contributed by atoms with E-state index in [0.29, 0.717) is 51.3 Å². The van der Waals surface area contributed by atoms with Crippen molar-refractivity contribution in [3.63, 3.8) is 0 Å². The summed E-state index contributed by atoms with van der Waals surface area (Å²) >= 11 is 0. The van der Waals surface area contributed by atoms with Crippen LogP contribution in [0.1, 0.15) is 73.8 Å². The molecule has 9 bridgehead atoms. The van der Waals surface area contributed by atoms with Crippen molar-refractivity contribution in [2.24, 2.45) is 0 Å². The Labute approximate surface area is 263 Å². The Morgan fingerprint density at radius 2 is 1.84 bits per heavy atom. The summed E-state index contributed by atoms with van der Waals surface area (Å²) in [6.07, 6.45) is 4.06. The molecule has 0 aliphatic carbocycles. The second-order valence-corrected chi connectivity index (χ2v) is 12.3. The molecule has 45 heavy (non-hydrogen) atoms. The first-order valence-corrected chi connectivity index (χ1v) is 15.8. The highest BCUT2D eigenvalue weighted by Gasteiger charge is 2.26. The fourth-order valence-corrected chi connectivity index (χ4v) is 6.66. The van der Waals surface area contributed by atoms with Crippen LogP contribution in [0.3, 0.4) is 0 Å². The molecule has 0 fully saturated rings. The Morgan fingerprint density at radius 3 is 2.67 bits per heavy atom. The van der Waals surface area contributed by atoms with Gasteiger partial charge in [-0.25, -0.2) is 4.68 Å². The molecule has 2 aromatic heterocycles. The third-order valence-electron chi connectivity index (χ3n) is 9.22. The van der Waals surface area contributed by atoms with Gasteiger partial charge in [0.15, 0.2) is 0 Å². The van der Waals surface area contributed by atoms with Crippen molar-refractivity contribution in [2.45, 2.75) is 65.1 Å². The van der Waals surface area contributed by atoms with E-state index in [0.717, 1.165) is 62.9 Å². The van der Waals surface area contributed by atoms with Gasteiger partial charge in [0.25, 0.3) is 5.91 Å². The van der Waals surface area contributed by atoms with Crippen molar-refractivity contribution in [2.75, 3.05) is 13.2 Å². The second-order valence-electron chi connectivity index (χ2n) is 12.3. The molecule has 8 heteroatoms. The number of hydrogen-bond donors (Lipinski definition) is 0. The van der Waals surface area contributed by atoms with Crippen LogP contribution >= 0.6 is 0 Å². The number of pyridine rings is 1. The molecule has 5 aliphatic rings. The molecule has 1 unspecified atom stereocenters. The lowest BCUT2D eigenvalue weighted by molar-refractivity contribution is -0.118. The van der Waals surface area contributed by atoms with Crippen molar-refractivity contribution in [3.8, 4) is 0 Å². The third-order valence-corrected chi connectivity index (χ3v) is 9.22. The highest BCUT2D eigenvalue weighted by molar-refractivity contribution is 5.94. The van der Waals surface area contributed by atoms with Gasteiger partial charge < -0.3 is 9.64 Å². The summed E-state index contributed by atoms with van der Waals surface area (Å²) in [6.45, 7) is 7.01. The lowest BCUT2D eigenvalue weighted by Crippen LogP contribution is -2.36. The Balaban J connectivity index is 1.28. The van der Waals surface area contributed by atoms with Crippen molar-refractivity contribution in [3.05, 3.63) is 123 Å². The topological polar surface area (TPSA) is 90.2 Å². The van der Waals surface area contributed by atoms with E-state index in [9.17, 15) is 9.59 Å². The van der Waals surface area contributed by atoms with E-state index in [4.69, 9.17) is 4.74 Å². The molecule has 5 aliphatic heterocycles. The molecule has 3 aromatic carbocycles. The van der Waals surface area contributed by atoms with Gasteiger partial charge >= 0.3 is 0 Å². The largest absolute Gasteiger partial charge is 0.377 e. The predicted molar refractivity (Wildman–Crippen MR) is 172 cm³/mol. The monoisotopic (exact) mass is 599 g/mol. The zero-order chi connectivity index (χ0) is 30.9. The predicted octanol–water partition coefficient (Wildman–Crippen LogP) is 5.90. The van der Waals surface area contributed by atoms with Crippen LogP contribution in [0.5, 0.6) is 0 Å². The standard InChI is InChI=1S/C37H37N5O3/c1-24-4-5-27(21-38-24)18-32(43)20-34-30-11-10-28-14-16-41(22-31(28)19-30)37(44)29-8-6-26(7-9-29)23-45-17-3-15-42-35-13-12-33(34)25(2)36(35)39-40-42/h4-13,19,21,34H,3,14-18,20,22-23H2,1-2H3. The average Bonchev–Trinajstić information content (AvgIpc) is 3.48. The van der Waals surface area contributed by atoms with Gasteiger partial charge in [-0.05, 0) is 89.9 Å². The third kappa shape index (κ3) is 6.02. The van der Waals surface area contributed by atoms with E-state index in [-0.39, 0.29) is 17.6 Å². The fraction of sp³-hybridized carbons (Fsp3) is 0.324. The zero-order valence-electron chi connectivity index (χ0n) is 25.8.